The monoisotopic (exact) mass is 369 g/mol. The van der Waals surface area contributed by atoms with Crippen LogP contribution in [-0.2, 0) is 4.79 Å². The van der Waals surface area contributed by atoms with Crippen LogP contribution < -0.4 is 21.1 Å². The van der Waals surface area contributed by atoms with Gasteiger partial charge in [-0.05, 0) is 60.9 Å². The number of nitrogens with one attached hydrogen (secondary N) is 2. The molecule has 0 radical (unpaired) electrons. The van der Waals surface area contributed by atoms with E-state index >= 15 is 0 Å². The maximum absolute atomic E-state index is 12.5. The Balaban J connectivity index is 2.00. The second-order valence-corrected chi connectivity index (χ2v) is 6.79. The molecule has 0 fully saturated rings. The van der Waals surface area contributed by atoms with Crippen LogP contribution in [0.25, 0.3) is 0 Å². The summed E-state index contributed by atoms with van der Waals surface area (Å²) in [7, 11) is 0. The highest BCUT2D eigenvalue weighted by molar-refractivity contribution is 6.05. The molecule has 0 heterocycles. The molecule has 2 amide bonds. The van der Waals surface area contributed by atoms with E-state index in [-0.39, 0.29) is 11.8 Å². The second kappa shape index (κ2) is 9.73. The van der Waals surface area contributed by atoms with Crippen molar-refractivity contribution in [2.45, 2.75) is 27.2 Å². The van der Waals surface area contributed by atoms with E-state index in [2.05, 4.69) is 10.6 Å². The number of hydrogen-bond acceptors (Lipinski definition) is 4. The number of carbonyl (C=O) groups excluding carboxylic acids is 2. The van der Waals surface area contributed by atoms with Gasteiger partial charge < -0.3 is 21.1 Å². The zero-order chi connectivity index (χ0) is 19.8. The lowest BCUT2D eigenvalue weighted by atomic mass is 10.1. The molecular formula is C21H27N3O3. The van der Waals surface area contributed by atoms with Crippen molar-refractivity contribution in [3.05, 3.63) is 53.6 Å². The van der Waals surface area contributed by atoms with Crippen LogP contribution in [0, 0.1) is 12.8 Å². The molecule has 0 aliphatic carbocycles. The third-order valence-corrected chi connectivity index (χ3v) is 3.86. The van der Waals surface area contributed by atoms with Crippen molar-refractivity contribution in [2.75, 3.05) is 23.8 Å². The molecule has 0 aliphatic heterocycles. The molecule has 6 heteroatoms. The lowest BCUT2D eigenvalue weighted by Crippen LogP contribution is -2.16. The van der Waals surface area contributed by atoms with Gasteiger partial charge in [-0.3, -0.25) is 9.59 Å². The highest BCUT2D eigenvalue weighted by atomic mass is 16.5. The Morgan fingerprint density at radius 1 is 1.07 bits per heavy atom. The van der Waals surface area contributed by atoms with Gasteiger partial charge in [-0.15, -0.1) is 0 Å². The normalized spacial score (nSPS) is 10.6. The Kier molecular flexibility index (Phi) is 7.37. The van der Waals surface area contributed by atoms with Gasteiger partial charge in [0.15, 0.2) is 0 Å². The van der Waals surface area contributed by atoms with E-state index in [0.29, 0.717) is 42.5 Å². The van der Waals surface area contributed by atoms with Crippen molar-refractivity contribution in [1.82, 2.24) is 0 Å². The third kappa shape index (κ3) is 6.42. The Labute approximate surface area is 160 Å². The largest absolute Gasteiger partial charge is 0.492 e. The minimum absolute atomic E-state index is 0.0257. The molecule has 27 heavy (non-hydrogen) atoms. The zero-order valence-corrected chi connectivity index (χ0v) is 16.0. The van der Waals surface area contributed by atoms with Gasteiger partial charge in [0.05, 0.1) is 0 Å². The summed E-state index contributed by atoms with van der Waals surface area (Å²) in [6, 6.07) is 12.3. The van der Waals surface area contributed by atoms with E-state index in [1.54, 1.807) is 42.5 Å². The molecule has 0 bridgehead atoms. The summed E-state index contributed by atoms with van der Waals surface area (Å²) in [5.41, 5.74) is 8.16. The lowest BCUT2D eigenvalue weighted by Gasteiger charge is -2.12. The standard InChI is InChI=1S/C21H27N3O3/c1-14(2)12-20(25)24-19-9-4-16(13-15(19)3)21(26)23-17-5-7-18(8-6-17)27-11-10-22/h4-9,13-14H,10-12,22H2,1-3H3,(H,23,26)(H,24,25). The van der Waals surface area contributed by atoms with Crippen LogP contribution in [0.2, 0.25) is 0 Å². The summed E-state index contributed by atoms with van der Waals surface area (Å²) < 4.78 is 5.41. The van der Waals surface area contributed by atoms with E-state index in [4.69, 9.17) is 10.5 Å². The SMILES string of the molecule is Cc1cc(C(=O)Nc2ccc(OCCN)cc2)ccc1NC(=O)CC(C)C. The number of nitrogens with two attached hydrogens (primary N) is 1. The number of rotatable bonds is 8. The predicted octanol–water partition coefficient (Wildman–Crippen LogP) is 3.57. The van der Waals surface area contributed by atoms with Crippen molar-refractivity contribution in [1.29, 1.82) is 0 Å². The molecule has 0 saturated carbocycles. The number of anilines is 2. The van der Waals surface area contributed by atoms with Crippen molar-refractivity contribution < 1.29 is 14.3 Å². The lowest BCUT2D eigenvalue weighted by molar-refractivity contribution is -0.116. The van der Waals surface area contributed by atoms with Crippen LogP contribution in [0.4, 0.5) is 11.4 Å². The summed E-state index contributed by atoms with van der Waals surface area (Å²) in [4.78, 5) is 24.4. The molecule has 0 aromatic heterocycles. The topological polar surface area (TPSA) is 93.4 Å². The molecule has 4 N–H and O–H groups in total. The van der Waals surface area contributed by atoms with Crippen molar-refractivity contribution in [3.8, 4) is 5.75 Å². The molecule has 2 aromatic rings. The fourth-order valence-corrected chi connectivity index (χ4v) is 2.53. The molecule has 0 spiro atoms. The molecule has 144 valence electrons. The van der Waals surface area contributed by atoms with Gasteiger partial charge in [0.1, 0.15) is 12.4 Å². The number of carbonyl (C=O) groups is 2. The fraction of sp³-hybridized carbons (Fsp3) is 0.333. The van der Waals surface area contributed by atoms with Crippen LogP contribution in [0.1, 0.15) is 36.2 Å². The quantitative estimate of drug-likeness (QED) is 0.663. The van der Waals surface area contributed by atoms with E-state index < -0.39 is 0 Å². The predicted molar refractivity (Wildman–Crippen MR) is 108 cm³/mol. The first-order valence-electron chi connectivity index (χ1n) is 9.04. The Morgan fingerprint density at radius 3 is 2.37 bits per heavy atom. The zero-order valence-electron chi connectivity index (χ0n) is 16.0. The summed E-state index contributed by atoms with van der Waals surface area (Å²) in [6.45, 7) is 6.76. The number of aryl methyl sites for hydroxylation is 1. The number of ether oxygens (including phenoxy) is 1. The average Bonchev–Trinajstić information content (AvgIpc) is 2.62. The molecule has 0 unspecified atom stereocenters. The molecular weight excluding hydrogens is 342 g/mol. The molecule has 0 aliphatic rings. The second-order valence-electron chi connectivity index (χ2n) is 6.79. The molecule has 6 nitrogen and oxygen atoms in total. The van der Waals surface area contributed by atoms with E-state index in [9.17, 15) is 9.59 Å². The van der Waals surface area contributed by atoms with Gasteiger partial charge in [-0.2, -0.15) is 0 Å². The Morgan fingerprint density at radius 2 is 1.78 bits per heavy atom. The van der Waals surface area contributed by atoms with E-state index in [1.165, 1.54) is 0 Å². The molecule has 2 aromatic carbocycles. The number of benzene rings is 2. The highest BCUT2D eigenvalue weighted by Crippen LogP contribution is 2.20. The Bertz CT molecular complexity index is 786. The van der Waals surface area contributed by atoms with Gasteiger partial charge in [0, 0.05) is 29.9 Å². The molecule has 0 saturated heterocycles. The summed E-state index contributed by atoms with van der Waals surface area (Å²) in [5.74, 6) is 0.759. The van der Waals surface area contributed by atoms with E-state index in [0.717, 1.165) is 11.3 Å². The maximum atomic E-state index is 12.5. The first-order chi connectivity index (χ1) is 12.9. The minimum atomic E-state index is -0.214. The number of hydrogen-bond donors (Lipinski definition) is 3. The fourth-order valence-electron chi connectivity index (χ4n) is 2.53. The Hall–Kier alpha value is -2.86. The van der Waals surface area contributed by atoms with Crippen molar-refractivity contribution in [2.24, 2.45) is 11.7 Å². The van der Waals surface area contributed by atoms with E-state index in [1.807, 2.05) is 20.8 Å². The third-order valence-electron chi connectivity index (χ3n) is 3.86. The van der Waals surface area contributed by atoms with Crippen LogP contribution in [0.3, 0.4) is 0 Å². The van der Waals surface area contributed by atoms with Gasteiger partial charge in [-0.1, -0.05) is 13.8 Å². The van der Waals surface area contributed by atoms with Crippen LogP contribution in [0.15, 0.2) is 42.5 Å². The van der Waals surface area contributed by atoms with Crippen molar-refractivity contribution in [3.63, 3.8) is 0 Å². The van der Waals surface area contributed by atoms with Gasteiger partial charge in [0.2, 0.25) is 5.91 Å². The van der Waals surface area contributed by atoms with Gasteiger partial charge in [0.25, 0.3) is 5.91 Å². The van der Waals surface area contributed by atoms with Crippen LogP contribution in [0.5, 0.6) is 5.75 Å². The average molecular weight is 369 g/mol. The summed E-state index contributed by atoms with van der Waals surface area (Å²) in [5, 5.41) is 5.74. The smallest absolute Gasteiger partial charge is 0.255 e. The first kappa shape index (κ1) is 20.5. The molecule has 0 atom stereocenters. The number of amides is 2. The highest BCUT2D eigenvalue weighted by Gasteiger charge is 2.11. The first-order valence-corrected chi connectivity index (χ1v) is 9.04. The molecule has 2 rings (SSSR count). The van der Waals surface area contributed by atoms with Gasteiger partial charge in [-0.25, -0.2) is 0 Å². The summed E-state index contributed by atoms with van der Waals surface area (Å²) >= 11 is 0. The summed E-state index contributed by atoms with van der Waals surface area (Å²) in [6.07, 6.45) is 0.465. The van der Waals surface area contributed by atoms with Crippen LogP contribution >= 0.6 is 0 Å². The maximum Gasteiger partial charge on any atom is 0.255 e. The van der Waals surface area contributed by atoms with Gasteiger partial charge >= 0.3 is 0 Å². The minimum Gasteiger partial charge on any atom is -0.492 e. The van der Waals surface area contributed by atoms with Crippen molar-refractivity contribution >= 4 is 23.2 Å². The van der Waals surface area contributed by atoms with Crippen LogP contribution in [-0.4, -0.2) is 25.0 Å².